The number of benzene rings is 1. The number of likely N-dealkylation sites (N-methyl/N-ethyl adjacent to an activating group) is 1. The van der Waals surface area contributed by atoms with Crippen molar-refractivity contribution >= 4 is 11.7 Å². The van der Waals surface area contributed by atoms with Gasteiger partial charge in [0.1, 0.15) is 5.54 Å². The number of ether oxygens (including phenoxy) is 1. The Morgan fingerprint density at radius 2 is 2.00 bits per heavy atom. The number of carbonyl (C=O) groups is 1. The standard InChI is InChI=1S/C17H28N2O2/c1-6-12-18-17(4,16(20)21-7-2)13-19(5)15-11-9-8-10-14(15)3/h8-11,18H,6-7,12-13H2,1-5H3. The fourth-order valence-electron chi connectivity index (χ4n) is 2.44. The lowest BCUT2D eigenvalue weighted by molar-refractivity contribution is -0.150. The van der Waals surface area contributed by atoms with Crippen LogP contribution in [0.25, 0.3) is 0 Å². The number of aryl methyl sites for hydroxylation is 1. The summed E-state index contributed by atoms with van der Waals surface area (Å²) >= 11 is 0. The van der Waals surface area contributed by atoms with E-state index in [0.29, 0.717) is 13.2 Å². The van der Waals surface area contributed by atoms with Crippen LogP contribution in [-0.2, 0) is 9.53 Å². The molecule has 0 saturated carbocycles. The van der Waals surface area contributed by atoms with E-state index in [9.17, 15) is 4.79 Å². The molecule has 0 aromatic heterocycles. The third kappa shape index (κ3) is 4.74. The number of nitrogens with zero attached hydrogens (tertiary/aromatic N) is 1. The highest BCUT2D eigenvalue weighted by Crippen LogP contribution is 2.20. The van der Waals surface area contributed by atoms with E-state index in [1.54, 1.807) is 0 Å². The molecule has 0 radical (unpaired) electrons. The Bertz CT molecular complexity index is 462. The van der Waals surface area contributed by atoms with Crippen LogP contribution in [0.4, 0.5) is 5.69 Å². The summed E-state index contributed by atoms with van der Waals surface area (Å²) in [6.45, 7) is 9.67. The molecule has 4 nitrogen and oxygen atoms in total. The zero-order valence-electron chi connectivity index (χ0n) is 13.9. The smallest absolute Gasteiger partial charge is 0.327 e. The van der Waals surface area contributed by atoms with Crippen molar-refractivity contribution in [3.63, 3.8) is 0 Å². The summed E-state index contributed by atoms with van der Waals surface area (Å²) < 4.78 is 5.24. The summed E-state index contributed by atoms with van der Waals surface area (Å²) in [6.07, 6.45) is 0.975. The highest BCUT2D eigenvalue weighted by Gasteiger charge is 2.35. The third-order valence-corrected chi connectivity index (χ3v) is 3.57. The van der Waals surface area contributed by atoms with E-state index in [4.69, 9.17) is 4.74 Å². The van der Waals surface area contributed by atoms with E-state index < -0.39 is 5.54 Å². The molecule has 0 amide bonds. The maximum absolute atomic E-state index is 12.3. The second kappa shape index (κ2) is 8.03. The number of hydrogen-bond donors (Lipinski definition) is 1. The summed E-state index contributed by atoms with van der Waals surface area (Å²) in [4.78, 5) is 14.4. The number of carbonyl (C=O) groups excluding carboxylic acids is 1. The first-order valence-electron chi connectivity index (χ1n) is 7.63. The second-order valence-corrected chi connectivity index (χ2v) is 5.62. The first kappa shape index (κ1) is 17.5. The molecule has 118 valence electrons. The number of para-hydroxylation sites is 1. The van der Waals surface area contributed by atoms with E-state index in [1.807, 2.05) is 33.0 Å². The van der Waals surface area contributed by atoms with Gasteiger partial charge in [0.05, 0.1) is 6.61 Å². The lowest BCUT2D eigenvalue weighted by Gasteiger charge is -2.34. The van der Waals surface area contributed by atoms with Crippen LogP contribution in [0.5, 0.6) is 0 Å². The fraction of sp³-hybridized carbons (Fsp3) is 0.588. The Kier molecular flexibility index (Phi) is 6.69. The van der Waals surface area contributed by atoms with Gasteiger partial charge in [-0.3, -0.25) is 0 Å². The normalized spacial score (nSPS) is 13.6. The van der Waals surface area contributed by atoms with Crippen LogP contribution in [0.1, 0.15) is 32.8 Å². The van der Waals surface area contributed by atoms with Gasteiger partial charge < -0.3 is 15.0 Å². The quantitative estimate of drug-likeness (QED) is 0.748. The van der Waals surface area contributed by atoms with E-state index in [-0.39, 0.29) is 5.97 Å². The Hall–Kier alpha value is -1.55. The number of esters is 1. The zero-order valence-corrected chi connectivity index (χ0v) is 13.9. The molecule has 0 aliphatic heterocycles. The minimum atomic E-state index is -0.705. The Morgan fingerprint density at radius 1 is 1.33 bits per heavy atom. The lowest BCUT2D eigenvalue weighted by Crippen LogP contribution is -2.57. The van der Waals surface area contributed by atoms with Gasteiger partial charge in [-0.05, 0) is 45.4 Å². The predicted octanol–water partition coefficient (Wildman–Crippen LogP) is 2.75. The summed E-state index contributed by atoms with van der Waals surface area (Å²) in [5.41, 5.74) is 1.62. The van der Waals surface area contributed by atoms with Crippen LogP contribution in [0.2, 0.25) is 0 Å². The van der Waals surface area contributed by atoms with Gasteiger partial charge in [-0.2, -0.15) is 0 Å². The van der Waals surface area contributed by atoms with Crippen molar-refractivity contribution in [1.82, 2.24) is 5.32 Å². The Morgan fingerprint density at radius 3 is 2.57 bits per heavy atom. The summed E-state index contributed by atoms with van der Waals surface area (Å²) in [7, 11) is 2.01. The molecule has 1 aromatic carbocycles. The second-order valence-electron chi connectivity index (χ2n) is 5.62. The van der Waals surface area contributed by atoms with Crippen molar-refractivity contribution < 1.29 is 9.53 Å². The molecule has 1 N–H and O–H groups in total. The molecule has 0 aliphatic carbocycles. The van der Waals surface area contributed by atoms with Gasteiger partial charge in [0.2, 0.25) is 0 Å². The summed E-state index contributed by atoms with van der Waals surface area (Å²) in [5.74, 6) is -0.195. The van der Waals surface area contributed by atoms with Gasteiger partial charge >= 0.3 is 5.97 Å². The minimum absolute atomic E-state index is 0.195. The molecule has 0 fully saturated rings. The molecule has 1 rings (SSSR count). The van der Waals surface area contributed by atoms with Crippen LogP contribution in [0.15, 0.2) is 24.3 Å². The largest absolute Gasteiger partial charge is 0.465 e. The molecular weight excluding hydrogens is 264 g/mol. The third-order valence-electron chi connectivity index (χ3n) is 3.57. The van der Waals surface area contributed by atoms with Gasteiger partial charge in [-0.1, -0.05) is 25.1 Å². The number of hydrogen-bond acceptors (Lipinski definition) is 4. The summed E-state index contributed by atoms with van der Waals surface area (Å²) in [6, 6.07) is 8.18. The molecule has 0 bridgehead atoms. The first-order chi connectivity index (χ1) is 9.94. The van der Waals surface area contributed by atoms with E-state index in [0.717, 1.165) is 18.7 Å². The highest BCUT2D eigenvalue weighted by molar-refractivity contribution is 5.81. The zero-order chi connectivity index (χ0) is 15.9. The molecular formula is C17H28N2O2. The van der Waals surface area contributed by atoms with E-state index in [1.165, 1.54) is 5.56 Å². The molecule has 1 atom stereocenters. The Labute approximate surface area is 128 Å². The lowest BCUT2D eigenvalue weighted by atomic mass is 10.0. The van der Waals surface area contributed by atoms with Gasteiger partial charge in [0.15, 0.2) is 0 Å². The predicted molar refractivity (Wildman–Crippen MR) is 87.8 cm³/mol. The molecule has 0 saturated heterocycles. The van der Waals surface area contributed by atoms with Crippen LogP contribution in [0, 0.1) is 6.92 Å². The van der Waals surface area contributed by atoms with Gasteiger partial charge in [-0.25, -0.2) is 4.79 Å². The fourth-order valence-corrected chi connectivity index (χ4v) is 2.44. The molecule has 1 aromatic rings. The van der Waals surface area contributed by atoms with Gasteiger partial charge in [-0.15, -0.1) is 0 Å². The average molecular weight is 292 g/mol. The van der Waals surface area contributed by atoms with E-state index in [2.05, 4.69) is 36.2 Å². The maximum atomic E-state index is 12.3. The molecule has 0 heterocycles. The molecule has 0 aliphatic rings. The Balaban J connectivity index is 2.90. The highest BCUT2D eigenvalue weighted by atomic mass is 16.5. The van der Waals surface area contributed by atoms with Crippen LogP contribution >= 0.6 is 0 Å². The number of nitrogens with one attached hydrogen (secondary N) is 1. The minimum Gasteiger partial charge on any atom is -0.465 e. The van der Waals surface area contributed by atoms with E-state index >= 15 is 0 Å². The topological polar surface area (TPSA) is 41.6 Å². The van der Waals surface area contributed by atoms with Gasteiger partial charge in [0.25, 0.3) is 0 Å². The average Bonchev–Trinajstić information content (AvgIpc) is 2.45. The van der Waals surface area contributed by atoms with Crippen molar-refractivity contribution in [2.45, 2.75) is 39.7 Å². The SMILES string of the molecule is CCCNC(C)(CN(C)c1ccccc1C)C(=O)OCC. The van der Waals surface area contributed by atoms with Gasteiger partial charge in [0, 0.05) is 19.3 Å². The van der Waals surface area contributed by atoms with Crippen LogP contribution in [-0.4, -0.2) is 38.3 Å². The van der Waals surface area contributed by atoms with Crippen molar-refractivity contribution in [2.75, 3.05) is 31.6 Å². The van der Waals surface area contributed by atoms with Crippen molar-refractivity contribution in [2.24, 2.45) is 0 Å². The van der Waals surface area contributed by atoms with Crippen molar-refractivity contribution in [3.05, 3.63) is 29.8 Å². The van der Waals surface area contributed by atoms with Crippen molar-refractivity contribution in [1.29, 1.82) is 0 Å². The van der Waals surface area contributed by atoms with Crippen molar-refractivity contribution in [3.8, 4) is 0 Å². The number of rotatable bonds is 8. The molecule has 4 heteroatoms. The molecule has 21 heavy (non-hydrogen) atoms. The number of anilines is 1. The maximum Gasteiger partial charge on any atom is 0.327 e. The van der Waals surface area contributed by atoms with Crippen LogP contribution in [0.3, 0.4) is 0 Å². The monoisotopic (exact) mass is 292 g/mol. The first-order valence-corrected chi connectivity index (χ1v) is 7.63. The molecule has 0 spiro atoms. The van der Waals surface area contributed by atoms with Crippen LogP contribution < -0.4 is 10.2 Å². The summed E-state index contributed by atoms with van der Waals surface area (Å²) in [5, 5.41) is 3.33. The molecule has 1 unspecified atom stereocenters.